The van der Waals surface area contributed by atoms with Crippen LogP contribution < -0.4 is 5.32 Å². The Morgan fingerprint density at radius 3 is 1.89 bits per heavy atom. The SMILES string of the molecule is CC(CC(F)(F)F)Nc1ccc(C(F)(F)F)cc1. The zero-order valence-corrected chi connectivity index (χ0v) is 9.36. The van der Waals surface area contributed by atoms with Crippen molar-refractivity contribution in [2.45, 2.75) is 31.7 Å². The van der Waals surface area contributed by atoms with Crippen molar-refractivity contribution in [3.63, 3.8) is 0 Å². The number of benzene rings is 1. The Labute approximate surface area is 99.8 Å². The lowest BCUT2D eigenvalue weighted by Crippen LogP contribution is -2.23. The standard InChI is InChI=1S/C11H11F6N/c1-7(6-10(12,13)14)18-9-4-2-8(3-5-9)11(15,16)17/h2-5,7,18H,6H2,1H3. The summed E-state index contributed by atoms with van der Waals surface area (Å²) in [6, 6.07) is 2.96. The lowest BCUT2D eigenvalue weighted by molar-refractivity contribution is -0.137. The van der Waals surface area contributed by atoms with Gasteiger partial charge in [0.2, 0.25) is 0 Å². The molecule has 0 aromatic heterocycles. The summed E-state index contributed by atoms with van der Waals surface area (Å²) in [6.07, 6.45) is -9.80. The molecule has 0 aliphatic rings. The summed E-state index contributed by atoms with van der Waals surface area (Å²) in [5.41, 5.74) is -0.615. The van der Waals surface area contributed by atoms with Crippen molar-refractivity contribution in [3.8, 4) is 0 Å². The number of rotatable bonds is 3. The molecule has 0 radical (unpaired) electrons. The zero-order valence-electron chi connectivity index (χ0n) is 9.36. The first-order valence-corrected chi connectivity index (χ1v) is 5.08. The predicted molar refractivity (Wildman–Crippen MR) is 55.2 cm³/mol. The van der Waals surface area contributed by atoms with Crippen LogP contribution in [0.2, 0.25) is 0 Å². The van der Waals surface area contributed by atoms with E-state index in [9.17, 15) is 26.3 Å². The highest BCUT2D eigenvalue weighted by Gasteiger charge is 2.31. The molecule has 102 valence electrons. The Balaban J connectivity index is 2.64. The van der Waals surface area contributed by atoms with Crippen LogP contribution in [0.1, 0.15) is 18.9 Å². The Morgan fingerprint density at radius 1 is 1.00 bits per heavy atom. The third-order valence-electron chi connectivity index (χ3n) is 2.16. The van der Waals surface area contributed by atoms with E-state index >= 15 is 0 Å². The third kappa shape index (κ3) is 4.85. The second kappa shape index (κ2) is 5.07. The minimum absolute atomic E-state index is 0.222. The van der Waals surface area contributed by atoms with Gasteiger partial charge in [-0.05, 0) is 31.2 Å². The summed E-state index contributed by atoms with van der Waals surface area (Å²) < 4.78 is 72.8. The maximum atomic E-state index is 12.2. The van der Waals surface area contributed by atoms with Crippen molar-refractivity contribution in [2.75, 3.05) is 5.32 Å². The van der Waals surface area contributed by atoms with Gasteiger partial charge in [-0.2, -0.15) is 26.3 Å². The second-order valence-electron chi connectivity index (χ2n) is 3.94. The highest BCUT2D eigenvalue weighted by Crippen LogP contribution is 2.30. The van der Waals surface area contributed by atoms with Crippen LogP contribution in [0, 0.1) is 0 Å². The van der Waals surface area contributed by atoms with Crippen molar-refractivity contribution in [2.24, 2.45) is 0 Å². The highest BCUT2D eigenvalue weighted by molar-refractivity contribution is 5.45. The predicted octanol–water partition coefficient (Wildman–Crippen LogP) is 4.46. The molecule has 0 heterocycles. The summed E-state index contributed by atoms with van der Waals surface area (Å²) in [5.74, 6) is 0. The minimum atomic E-state index is -4.45. The molecule has 18 heavy (non-hydrogen) atoms. The number of halogens is 6. The summed E-state index contributed by atoms with van der Waals surface area (Å²) in [7, 11) is 0. The summed E-state index contributed by atoms with van der Waals surface area (Å²) >= 11 is 0. The quantitative estimate of drug-likeness (QED) is 0.800. The average Bonchev–Trinajstić information content (AvgIpc) is 2.13. The van der Waals surface area contributed by atoms with Gasteiger partial charge in [-0.25, -0.2) is 0 Å². The molecule has 0 saturated carbocycles. The average molecular weight is 271 g/mol. The first-order chi connectivity index (χ1) is 8.08. The molecule has 0 amide bonds. The Kier molecular flexibility index (Phi) is 4.13. The van der Waals surface area contributed by atoms with Crippen LogP contribution in [0.5, 0.6) is 0 Å². The first-order valence-electron chi connectivity index (χ1n) is 5.08. The zero-order chi connectivity index (χ0) is 14.0. The van der Waals surface area contributed by atoms with E-state index in [1.807, 2.05) is 0 Å². The van der Waals surface area contributed by atoms with Crippen LogP contribution in [0.15, 0.2) is 24.3 Å². The van der Waals surface area contributed by atoms with E-state index in [-0.39, 0.29) is 5.69 Å². The molecular weight excluding hydrogens is 260 g/mol. The van der Waals surface area contributed by atoms with Gasteiger partial charge in [0.1, 0.15) is 0 Å². The van der Waals surface area contributed by atoms with Crippen LogP contribution in [0.4, 0.5) is 32.0 Å². The molecule has 1 unspecified atom stereocenters. The molecular formula is C11H11F6N. The molecule has 0 aliphatic carbocycles. The van der Waals surface area contributed by atoms with E-state index in [2.05, 4.69) is 5.32 Å². The molecule has 0 spiro atoms. The summed E-state index contributed by atoms with van der Waals surface area (Å²) in [5, 5.41) is 2.49. The van der Waals surface area contributed by atoms with Gasteiger partial charge in [0.05, 0.1) is 12.0 Å². The fourth-order valence-electron chi connectivity index (χ4n) is 1.44. The van der Waals surface area contributed by atoms with Crippen LogP contribution in [0.3, 0.4) is 0 Å². The number of anilines is 1. The molecule has 1 aromatic rings. The van der Waals surface area contributed by atoms with Crippen molar-refractivity contribution in [3.05, 3.63) is 29.8 Å². The van der Waals surface area contributed by atoms with Crippen molar-refractivity contribution < 1.29 is 26.3 Å². The van der Waals surface area contributed by atoms with Gasteiger partial charge < -0.3 is 5.32 Å². The Hall–Kier alpha value is -1.40. The Bertz CT molecular complexity index is 378. The lowest BCUT2D eigenvalue weighted by Gasteiger charge is -2.17. The highest BCUT2D eigenvalue weighted by atomic mass is 19.4. The maximum absolute atomic E-state index is 12.2. The molecule has 1 aromatic carbocycles. The van der Waals surface area contributed by atoms with Gasteiger partial charge in [0, 0.05) is 11.7 Å². The van der Waals surface area contributed by atoms with Crippen LogP contribution in [0.25, 0.3) is 0 Å². The number of hydrogen-bond acceptors (Lipinski definition) is 1. The first kappa shape index (κ1) is 14.7. The third-order valence-corrected chi connectivity index (χ3v) is 2.16. The van der Waals surface area contributed by atoms with E-state index < -0.39 is 30.4 Å². The monoisotopic (exact) mass is 271 g/mol. The molecule has 0 fully saturated rings. The van der Waals surface area contributed by atoms with Gasteiger partial charge in [-0.3, -0.25) is 0 Å². The number of alkyl halides is 6. The molecule has 0 bridgehead atoms. The Morgan fingerprint density at radius 2 is 1.50 bits per heavy atom. The molecule has 1 atom stereocenters. The van der Waals surface area contributed by atoms with E-state index in [4.69, 9.17) is 0 Å². The largest absolute Gasteiger partial charge is 0.416 e. The van der Waals surface area contributed by atoms with E-state index in [0.717, 1.165) is 24.3 Å². The van der Waals surface area contributed by atoms with Gasteiger partial charge in [-0.15, -0.1) is 0 Å². The molecule has 0 aliphatic heterocycles. The molecule has 1 nitrogen and oxygen atoms in total. The van der Waals surface area contributed by atoms with Gasteiger partial charge >= 0.3 is 12.4 Å². The maximum Gasteiger partial charge on any atom is 0.416 e. The minimum Gasteiger partial charge on any atom is -0.382 e. The van der Waals surface area contributed by atoms with Crippen molar-refractivity contribution >= 4 is 5.69 Å². The fraction of sp³-hybridized carbons (Fsp3) is 0.455. The van der Waals surface area contributed by atoms with E-state index in [1.165, 1.54) is 6.92 Å². The van der Waals surface area contributed by atoms with Gasteiger partial charge in [-0.1, -0.05) is 0 Å². The smallest absolute Gasteiger partial charge is 0.382 e. The van der Waals surface area contributed by atoms with E-state index in [0.29, 0.717) is 0 Å². The molecule has 1 rings (SSSR count). The fourth-order valence-corrected chi connectivity index (χ4v) is 1.44. The van der Waals surface area contributed by atoms with Gasteiger partial charge in [0.15, 0.2) is 0 Å². The van der Waals surface area contributed by atoms with E-state index in [1.54, 1.807) is 0 Å². The lowest BCUT2D eigenvalue weighted by atomic mass is 10.1. The van der Waals surface area contributed by atoms with Crippen molar-refractivity contribution in [1.82, 2.24) is 0 Å². The van der Waals surface area contributed by atoms with Crippen LogP contribution in [-0.4, -0.2) is 12.2 Å². The summed E-state index contributed by atoms with van der Waals surface area (Å²) in [6.45, 7) is 1.31. The second-order valence-corrected chi connectivity index (χ2v) is 3.94. The van der Waals surface area contributed by atoms with Crippen molar-refractivity contribution in [1.29, 1.82) is 0 Å². The molecule has 1 N–H and O–H groups in total. The van der Waals surface area contributed by atoms with Crippen LogP contribution >= 0.6 is 0 Å². The number of hydrogen-bond donors (Lipinski definition) is 1. The molecule has 7 heteroatoms. The summed E-state index contributed by atoms with van der Waals surface area (Å²) in [4.78, 5) is 0. The number of nitrogens with one attached hydrogen (secondary N) is 1. The van der Waals surface area contributed by atoms with Crippen LogP contribution in [-0.2, 0) is 6.18 Å². The normalized spacial score (nSPS) is 14.4. The topological polar surface area (TPSA) is 12.0 Å². The van der Waals surface area contributed by atoms with Gasteiger partial charge in [0.25, 0.3) is 0 Å². The molecule has 0 saturated heterocycles.